The molecular formula is C33H29BrN10O4. The Hall–Kier alpha value is -5.33. The topological polar surface area (TPSA) is 163 Å². The molecule has 0 saturated carbocycles. The highest BCUT2D eigenvalue weighted by molar-refractivity contribution is 9.10. The van der Waals surface area contributed by atoms with Crippen molar-refractivity contribution in [2.45, 2.75) is 58.7 Å². The van der Waals surface area contributed by atoms with Crippen LogP contribution in [-0.4, -0.2) is 74.3 Å². The van der Waals surface area contributed by atoms with E-state index in [-0.39, 0.29) is 43.6 Å². The number of carbonyl (C=O) groups excluding carboxylic acids is 3. The van der Waals surface area contributed by atoms with Crippen LogP contribution in [0, 0.1) is 25.2 Å². The number of aryl methyl sites for hydroxylation is 1. The van der Waals surface area contributed by atoms with E-state index in [2.05, 4.69) is 57.5 Å². The summed E-state index contributed by atoms with van der Waals surface area (Å²) < 4.78 is 9.51. The number of amides is 2. The molecule has 1 aromatic carbocycles. The van der Waals surface area contributed by atoms with E-state index in [1.165, 1.54) is 16.5 Å². The number of halogens is 1. The molecule has 6 heterocycles. The predicted molar refractivity (Wildman–Crippen MR) is 176 cm³/mol. The second kappa shape index (κ2) is 12.7. The van der Waals surface area contributed by atoms with E-state index in [0.29, 0.717) is 45.0 Å². The molecule has 1 N–H and O–H groups in total. The largest absolute Gasteiger partial charge is 0.370 e. The first kappa shape index (κ1) is 31.3. The molecule has 4 bridgehead atoms. The molecule has 242 valence electrons. The van der Waals surface area contributed by atoms with Crippen LogP contribution in [0.4, 0.5) is 5.82 Å². The number of nitrogens with zero attached hydrogens (tertiary/aromatic N) is 9. The van der Waals surface area contributed by atoms with Crippen LogP contribution in [-0.2, 0) is 40.6 Å². The molecule has 1 fully saturated rings. The van der Waals surface area contributed by atoms with E-state index in [0.717, 1.165) is 11.1 Å². The van der Waals surface area contributed by atoms with Crippen LogP contribution in [0.3, 0.4) is 0 Å². The average Bonchev–Trinajstić information content (AvgIpc) is 3.77. The normalized spacial score (nSPS) is 19.3. The number of nitrogens with one attached hydrogen (secondary N) is 1. The van der Waals surface area contributed by atoms with Crippen molar-refractivity contribution in [2.24, 2.45) is 5.92 Å². The molecular weight excluding hydrogens is 680 g/mol. The maximum absolute atomic E-state index is 14.3. The Balaban J connectivity index is 1.25. The van der Waals surface area contributed by atoms with Gasteiger partial charge in [-0.3, -0.25) is 23.7 Å². The number of ether oxygens (including phenoxy) is 1. The molecule has 2 amide bonds. The van der Waals surface area contributed by atoms with Gasteiger partial charge in [0.15, 0.2) is 5.78 Å². The second-order valence-electron chi connectivity index (χ2n) is 11.8. The van der Waals surface area contributed by atoms with E-state index in [1.54, 1.807) is 48.4 Å². The first-order valence-corrected chi connectivity index (χ1v) is 16.0. The molecule has 0 spiro atoms. The summed E-state index contributed by atoms with van der Waals surface area (Å²) in [5.74, 6) is 2.28. The molecule has 2 aliphatic rings. The lowest BCUT2D eigenvalue weighted by Crippen LogP contribution is -2.48. The van der Waals surface area contributed by atoms with Gasteiger partial charge in [-0.25, -0.2) is 15.0 Å². The van der Waals surface area contributed by atoms with Crippen LogP contribution < -0.4 is 5.32 Å². The van der Waals surface area contributed by atoms with E-state index < -0.39 is 23.9 Å². The number of terminal acetylenes is 1. The average molecular weight is 710 g/mol. The predicted octanol–water partition coefficient (Wildman–Crippen LogP) is 3.34. The number of hydrogen-bond acceptors (Lipinski definition) is 10. The number of carbonyl (C=O) groups is 3. The summed E-state index contributed by atoms with van der Waals surface area (Å²) in [4.78, 5) is 55.5. The Morgan fingerprint density at radius 1 is 1.15 bits per heavy atom. The molecule has 7 rings (SSSR count). The zero-order valence-corrected chi connectivity index (χ0v) is 27.6. The van der Waals surface area contributed by atoms with Gasteiger partial charge in [0.2, 0.25) is 11.8 Å². The van der Waals surface area contributed by atoms with Crippen molar-refractivity contribution < 1.29 is 19.1 Å². The van der Waals surface area contributed by atoms with Gasteiger partial charge in [-0.2, -0.15) is 5.10 Å². The molecule has 3 atom stereocenters. The van der Waals surface area contributed by atoms with Crippen molar-refractivity contribution in [1.82, 2.24) is 44.6 Å². The van der Waals surface area contributed by atoms with Crippen molar-refractivity contribution in [2.75, 3.05) is 5.32 Å². The smallest absolute Gasteiger partial charge is 0.248 e. The monoisotopic (exact) mass is 708 g/mol. The van der Waals surface area contributed by atoms with Crippen LogP contribution >= 0.6 is 15.9 Å². The lowest BCUT2D eigenvalue weighted by atomic mass is 9.99. The van der Waals surface area contributed by atoms with Crippen molar-refractivity contribution in [1.29, 1.82) is 0 Å². The van der Waals surface area contributed by atoms with E-state index >= 15 is 0 Å². The SMILES string of the molecule is C#C[C@@H]1[C@@H]2C[C@@H](C(=O)Nc3nc(Br)ccc3COCc3cn(nn3)C2)N1C(=O)Cn1nc(C(C)=O)c2cc(-c3cnc(C)nc3)ccc21. The minimum atomic E-state index is -0.925. The number of likely N-dealkylation sites (tertiary alicyclic amines) is 1. The summed E-state index contributed by atoms with van der Waals surface area (Å²) in [5.41, 5.74) is 3.65. The van der Waals surface area contributed by atoms with Gasteiger partial charge in [0.1, 0.15) is 40.2 Å². The number of aromatic nitrogens is 8. The second-order valence-corrected chi connectivity index (χ2v) is 12.6. The van der Waals surface area contributed by atoms with Crippen LogP contribution in [0.25, 0.3) is 22.0 Å². The highest BCUT2D eigenvalue weighted by Gasteiger charge is 2.47. The van der Waals surface area contributed by atoms with E-state index in [4.69, 9.17) is 11.2 Å². The molecule has 0 radical (unpaired) electrons. The van der Waals surface area contributed by atoms with Gasteiger partial charge >= 0.3 is 0 Å². The summed E-state index contributed by atoms with van der Waals surface area (Å²) in [6.07, 6.45) is 11.6. The number of fused-ring (bicyclic) bond motifs is 6. The molecule has 15 heteroatoms. The first-order chi connectivity index (χ1) is 23.2. The van der Waals surface area contributed by atoms with Crippen molar-refractivity contribution in [3.8, 4) is 23.5 Å². The fourth-order valence-electron chi connectivity index (χ4n) is 6.28. The summed E-state index contributed by atoms with van der Waals surface area (Å²) >= 11 is 3.38. The molecule has 5 aromatic rings. The molecule has 2 aliphatic heterocycles. The molecule has 4 aromatic heterocycles. The zero-order valence-electron chi connectivity index (χ0n) is 26.0. The number of hydrogen-bond donors (Lipinski definition) is 1. The Bertz CT molecular complexity index is 2120. The van der Waals surface area contributed by atoms with Gasteiger partial charge in [0.25, 0.3) is 0 Å². The number of pyridine rings is 1. The van der Waals surface area contributed by atoms with Gasteiger partial charge in [-0.1, -0.05) is 23.3 Å². The van der Waals surface area contributed by atoms with Crippen molar-refractivity contribution in [3.63, 3.8) is 0 Å². The van der Waals surface area contributed by atoms with E-state index in [9.17, 15) is 14.4 Å². The van der Waals surface area contributed by atoms with Crippen molar-refractivity contribution in [3.05, 3.63) is 76.3 Å². The Morgan fingerprint density at radius 2 is 1.96 bits per heavy atom. The standard InChI is InChI=1S/C33H29BrN10O4/c1-4-26-22-10-28(33(47)38-32-21(6-8-29(34)37-32)16-48-17-24-14-42(13-22)41-39-24)44(26)30(46)15-43-27-7-5-20(23-11-35-19(3)36-12-23)9-25(27)31(40-43)18(2)45/h1,5-9,11-12,14,22,26,28H,10,13,15-17H2,2-3H3,(H,37,38,47)/t22-,26-,28+/m1/s1. The van der Waals surface area contributed by atoms with Gasteiger partial charge < -0.3 is 15.0 Å². The lowest BCUT2D eigenvalue weighted by molar-refractivity contribution is -0.138. The third-order valence-electron chi connectivity index (χ3n) is 8.55. The number of ketones is 1. The minimum Gasteiger partial charge on any atom is -0.370 e. The van der Waals surface area contributed by atoms with Gasteiger partial charge in [0, 0.05) is 48.3 Å². The number of rotatable bonds is 4. The first-order valence-electron chi connectivity index (χ1n) is 15.2. The Kier molecular flexibility index (Phi) is 8.28. The van der Waals surface area contributed by atoms with Crippen LogP contribution in [0.1, 0.15) is 40.9 Å². The molecule has 0 aliphatic carbocycles. The Labute approximate surface area is 283 Å². The number of Topliss-reactive ketones (excluding diaryl/α,β-unsaturated/α-hetero) is 1. The minimum absolute atomic E-state index is 0.162. The summed E-state index contributed by atoms with van der Waals surface area (Å²) in [6.45, 7) is 3.68. The molecule has 48 heavy (non-hydrogen) atoms. The highest BCUT2D eigenvalue weighted by atomic mass is 79.9. The van der Waals surface area contributed by atoms with Crippen LogP contribution in [0.15, 0.2) is 53.5 Å². The maximum atomic E-state index is 14.3. The van der Waals surface area contributed by atoms with Crippen molar-refractivity contribution >= 4 is 50.2 Å². The molecule has 0 unspecified atom stereocenters. The van der Waals surface area contributed by atoms with Gasteiger partial charge in [-0.05, 0) is 53.0 Å². The van der Waals surface area contributed by atoms with Crippen LogP contribution in [0.5, 0.6) is 0 Å². The number of benzene rings is 1. The zero-order chi connectivity index (χ0) is 33.5. The van der Waals surface area contributed by atoms with Gasteiger partial charge in [-0.15, -0.1) is 11.5 Å². The summed E-state index contributed by atoms with van der Waals surface area (Å²) in [7, 11) is 0. The quantitative estimate of drug-likeness (QED) is 0.166. The third-order valence-corrected chi connectivity index (χ3v) is 9.00. The summed E-state index contributed by atoms with van der Waals surface area (Å²) in [5, 5.41) is 16.5. The third kappa shape index (κ3) is 5.96. The fourth-order valence-corrected chi connectivity index (χ4v) is 6.59. The number of anilines is 1. The van der Waals surface area contributed by atoms with E-state index in [1.807, 2.05) is 12.1 Å². The Morgan fingerprint density at radius 3 is 2.73 bits per heavy atom. The lowest BCUT2D eigenvalue weighted by Gasteiger charge is -2.28. The summed E-state index contributed by atoms with van der Waals surface area (Å²) in [6, 6.07) is 7.40. The van der Waals surface area contributed by atoms with Crippen LogP contribution in [0.2, 0.25) is 0 Å². The highest BCUT2D eigenvalue weighted by Crippen LogP contribution is 2.34. The van der Waals surface area contributed by atoms with Gasteiger partial charge in [0.05, 0.1) is 31.0 Å². The molecule has 1 saturated heterocycles. The fraction of sp³-hybridized carbons (Fsp3) is 0.303. The molecule has 14 nitrogen and oxygen atoms in total. The maximum Gasteiger partial charge on any atom is 0.248 e.